The van der Waals surface area contributed by atoms with E-state index in [0.29, 0.717) is 13.2 Å². The van der Waals surface area contributed by atoms with Crippen molar-refractivity contribution in [3.63, 3.8) is 0 Å². The second kappa shape index (κ2) is 7.41. The highest BCUT2D eigenvalue weighted by atomic mass is 16.7. The first-order chi connectivity index (χ1) is 9.69. The Kier molecular flexibility index (Phi) is 5.56. The first-order valence-corrected chi connectivity index (χ1v) is 7.40. The fraction of sp³-hybridized carbons (Fsp3) is 0.562. The van der Waals surface area contributed by atoms with Gasteiger partial charge in [-0.2, -0.15) is 5.06 Å². The molecule has 1 aliphatic rings. The normalized spacial score (nSPS) is 17.1. The van der Waals surface area contributed by atoms with Crippen LogP contribution in [0.3, 0.4) is 0 Å². The van der Waals surface area contributed by atoms with Crippen LogP contribution < -0.4 is 5.32 Å². The molecule has 1 saturated heterocycles. The third-order valence-electron chi connectivity index (χ3n) is 3.72. The van der Waals surface area contributed by atoms with Crippen LogP contribution in [0.5, 0.6) is 0 Å². The van der Waals surface area contributed by atoms with E-state index in [9.17, 15) is 4.79 Å². The van der Waals surface area contributed by atoms with E-state index in [1.165, 1.54) is 5.56 Å². The minimum Gasteiger partial charge on any atom is -0.352 e. The number of benzene rings is 1. The smallest absolute Gasteiger partial charge is 0.223 e. The molecule has 2 rings (SSSR count). The molecule has 0 atom stereocenters. The summed E-state index contributed by atoms with van der Waals surface area (Å²) in [5.74, 6) is 0.291. The average Bonchev–Trinajstić information content (AvgIpc) is 2.47. The lowest BCUT2D eigenvalue weighted by Crippen LogP contribution is -2.40. The highest BCUT2D eigenvalue weighted by Crippen LogP contribution is 2.17. The summed E-state index contributed by atoms with van der Waals surface area (Å²) in [6.07, 6.45) is 1.75. The Balaban J connectivity index is 1.74. The lowest BCUT2D eigenvalue weighted by molar-refractivity contribution is -0.172. The maximum atomic E-state index is 12.1. The Labute approximate surface area is 121 Å². The molecule has 1 aromatic rings. The molecule has 1 aliphatic heterocycles. The van der Waals surface area contributed by atoms with Crippen LogP contribution in [0.4, 0.5) is 0 Å². The van der Waals surface area contributed by atoms with Crippen molar-refractivity contribution in [3.8, 4) is 0 Å². The monoisotopic (exact) mass is 276 g/mol. The number of aryl methyl sites for hydroxylation is 1. The molecule has 4 heteroatoms. The van der Waals surface area contributed by atoms with Crippen LogP contribution in [0.2, 0.25) is 0 Å². The van der Waals surface area contributed by atoms with Gasteiger partial charge >= 0.3 is 0 Å². The van der Waals surface area contributed by atoms with E-state index < -0.39 is 0 Å². The third-order valence-corrected chi connectivity index (χ3v) is 3.72. The molecule has 0 aliphatic carbocycles. The molecule has 1 N–H and O–H groups in total. The molecule has 1 fully saturated rings. The van der Waals surface area contributed by atoms with Crippen LogP contribution in [0.15, 0.2) is 24.3 Å². The van der Waals surface area contributed by atoms with E-state index in [-0.39, 0.29) is 11.8 Å². The van der Waals surface area contributed by atoms with Crippen molar-refractivity contribution in [1.29, 1.82) is 0 Å². The van der Waals surface area contributed by atoms with E-state index >= 15 is 0 Å². The van der Waals surface area contributed by atoms with Crippen LogP contribution in [0, 0.1) is 12.8 Å². The quantitative estimate of drug-likeness (QED) is 0.897. The first kappa shape index (κ1) is 15.0. The topological polar surface area (TPSA) is 41.6 Å². The van der Waals surface area contributed by atoms with Gasteiger partial charge in [0.25, 0.3) is 0 Å². The molecule has 4 nitrogen and oxygen atoms in total. The number of hydrogen-bond acceptors (Lipinski definition) is 3. The van der Waals surface area contributed by atoms with Crippen LogP contribution >= 0.6 is 0 Å². The predicted molar refractivity (Wildman–Crippen MR) is 78.9 cm³/mol. The summed E-state index contributed by atoms with van der Waals surface area (Å²) in [7, 11) is 0. The highest BCUT2D eigenvalue weighted by molar-refractivity contribution is 5.78. The summed E-state index contributed by atoms with van der Waals surface area (Å²) < 4.78 is 0. The van der Waals surface area contributed by atoms with Crippen molar-refractivity contribution in [2.75, 3.05) is 19.7 Å². The van der Waals surface area contributed by atoms with Crippen molar-refractivity contribution < 1.29 is 9.63 Å². The van der Waals surface area contributed by atoms with Crippen LogP contribution in [-0.4, -0.2) is 30.7 Å². The van der Waals surface area contributed by atoms with Gasteiger partial charge in [-0.05, 0) is 32.3 Å². The number of carbonyl (C=O) groups excluding carboxylic acids is 1. The highest BCUT2D eigenvalue weighted by Gasteiger charge is 2.24. The minimum absolute atomic E-state index is 0.122. The van der Waals surface area contributed by atoms with E-state index in [1.807, 2.05) is 12.0 Å². The summed E-state index contributed by atoms with van der Waals surface area (Å²) in [4.78, 5) is 17.6. The average molecular weight is 276 g/mol. The van der Waals surface area contributed by atoms with Crippen molar-refractivity contribution >= 4 is 5.91 Å². The molecule has 0 unspecified atom stereocenters. The number of piperidine rings is 1. The van der Waals surface area contributed by atoms with Gasteiger partial charge in [0.05, 0.1) is 6.61 Å². The van der Waals surface area contributed by atoms with E-state index in [4.69, 9.17) is 4.84 Å². The molecule has 1 amide bonds. The summed E-state index contributed by atoms with van der Waals surface area (Å²) in [6, 6.07) is 8.27. The van der Waals surface area contributed by atoms with Crippen molar-refractivity contribution in [2.24, 2.45) is 5.92 Å². The fourth-order valence-electron chi connectivity index (χ4n) is 2.47. The second-order valence-electron chi connectivity index (χ2n) is 5.32. The van der Waals surface area contributed by atoms with Crippen molar-refractivity contribution in [2.45, 2.75) is 33.2 Å². The summed E-state index contributed by atoms with van der Waals surface area (Å²) >= 11 is 0. The largest absolute Gasteiger partial charge is 0.352 e. The molecule has 0 bridgehead atoms. The molecule has 0 radical (unpaired) electrons. The number of nitrogens with one attached hydrogen (secondary N) is 1. The van der Waals surface area contributed by atoms with E-state index in [2.05, 4.69) is 36.5 Å². The van der Waals surface area contributed by atoms with Gasteiger partial charge in [0.1, 0.15) is 0 Å². The molecule has 1 heterocycles. The Morgan fingerprint density at radius 3 is 2.55 bits per heavy atom. The summed E-state index contributed by atoms with van der Waals surface area (Å²) in [6.45, 7) is 7.05. The number of hydroxylamine groups is 2. The maximum Gasteiger partial charge on any atom is 0.223 e. The fourth-order valence-corrected chi connectivity index (χ4v) is 2.47. The molecule has 1 aromatic carbocycles. The van der Waals surface area contributed by atoms with Gasteiger partial charge in [0, 0.05) is 25.6 Å². The number of hydrogen-bond donors (Lipinski definition) is 1. The lowest BCUT2D eigenvalue weighted by atomic mass is 9.97. The van der Waals surface area contributed by atoms with Gasteiger partial charge in [-0.3, -0.25) is 9.63 Å². The molecule has 0 spiro atoms. The number of rotatable bonds is 5. The minimum atomic E-state index is 0.122. The number of amides is 1. The van der Waals surface area contributed by atoms with Gasteiger partial charge in [0.15, 0.2) is 0 Å². The molecule has 0 saturated carbocycles. The Bertz CT molecular complexity index is 423. The summed E-state index contributed by atoms with van der Waals surface area (Å²) in [5.41, 5.74) is 2.39. The SMILES string of the molecule is CCON1CCC(C(=O)NCc2ccc(C)cc2)CC1. The Hall–Kier alpha value is -1.39. The molecule has 0 aromatic heterocycles. The predicted octanol–water partition coefficient (Wildman–Crippen LogP) is 2.27. The zero-order chi connectivity index (χ0) is 14.4. The zero-order valence-electron chi connectivity index (χ0n) is 12.4. The second-order valence-corrected chi connectivity index (χ2v) is 5.32. The zero-order valence-corrected chi connectivity index (χ0v) is 12.4. The van der Waals surface area contributed by atoms with Gasteiger partial charge in [-0.1, -0.05) is 29.8 Å². The van der Waals surface area contributed by atoms with E-state index in [0.717, 1.165) is 31.5 Å². The molecule has 20 heavy (non-hydrogen) atoms. The maximum absolute atomic E-state index is 12.1. The summed E-state index contributed by atoms with van der Waals surface area (Å²) in [5, 5.41) is 5.00. The van der Waals surface area contributed by atoms with Crippen molar-refractivity contribution in [1.82, 2.24) is 10.4 Å². The standard InChI is InChI=1S/C16H24N2O2/c1-3-20-18-10-8-15(9-11-18)16(19)17-12-14-6-4-13(2)5-7-14/h4-7,15H,3,8-12H2,1-2H3,(H,17,19). The number of carbonyl (C=O) groups is 1. The third kappa shape index (κ3) is 4.32. The van der Waals surface area contributed by atoms with Gasteiger partial charge in [0.2, 0.25) is 5.91 Å². The van der Waals surface area contributed by atoms with Crippen LogP contribution in [0.1, 0.15) is 30.9 Å². The number of nitrogens with zero attached hydrogens (tertiary/aromatic N) is 1. The van der Waals surface area contributed by atoms with Crippen LogP contribution in [-0.2, 0) is 16.2 Å². The Morgan fingerprint density at radius 1 is 1.30 bits per heavy atom. The lowest BCUT2D eigenvalue weighted by Gasteiger charge is -2.30. The first-order valence-electron chi connectivity index (χ1n) is 7.40. The van der Waals surface area contributed by atoms with Gasteiger partial charge in [-0.15, -0.1) is 0 Å². The van der Waals surface area contributed by atoms with E-state index in [1.54, 1.807) is 0 Å². The molecule has 110 valence electrons. The molecular formula is C16H24N2O2. The Morgan fingerprint density at radius 2 is 1.95 bits per heavy atom. The molecular weight excluding hydrogens is 252 g/mol. The van der Waals surface area contributed by atoms with Gasteiger partial charge in [-0.25, -0.2) is 0 Å². The van der Waals surface area contributed by atoms with Crippen molar-refractivity contribution in [3.05, 3.63) is 35.4 Å². The van der Waals surface area contributed by atoms with Gasteiger partial charge < -0.3 is 5.32 Å². The van der Waals surface area contributed by atoms with Crippen LogP contribution in [0.25, 0.3) is 0 Å².